The summed E-state index contributed by atoms with van der Waals surface area (Å²) in [6.45, 7) is 3.47. The van der Waals surface area contributed by atoms with Gasteiger partial charge in [-0.25, -0.2) is 0 Å². The van der Waals surface area contributed by atoms with E-state index in [4.69, 9.17) is 5.26 Å². The summed E-state index contributed by atoms with van der Waals surface area (Å²) in [4.78, 5) is 10.2. The molecule has 0 aliphatic heterocycles. The van der Waals surface area contributed by atoms with E-state index in [1.807, 2.05) is 31.2 Å². The molecule has 0 spiro atoms. The Hall–Kier alpha value is -2.61. The lowest BCUT2D eigenvalue weighted by molar-refractivity contribution is -0.137. The second kappa shape index (κ2) is 7.41. The number of rotatable bonds is 1. The van der Waals surface area contributed by atoms with Gasteiger partial charge in [0.2, 0.25) is 0 Å². The van der Waals surface area contributed by atoms with Crippen molar-refractivity contribution in [2.24, 2.45) is 0 Å². The molecule has 0 amide bonds. The molecular formula is C17H14F3NO. The van der Waals surface area contributed by atoms with Crippen LogP contribution in [0.25, 0.3) is 0 Å². The van der Waals surface area contributed by atoms with E-state index in [0.717, 1.165) is 23.5 Å². The molecule has 5 heteroatoms. The molecule has 0 unspecified atom stereocenters. The smallest absolute Gasteiger partial charge is 0.298 e. The first-order chi connectivity index (χ1) is 10.3. The number of carbonyl (C=O) groups excluding carboxylic acids is 1. The summed E-state index contributed by atoms with van der Waals surface area (Å²) in [6, 6.07) is 12.6. The van der Waals surface area contributed by atoms with Gasteiger partial charge in [-0.1, -0.05) is 35.9 Å². The van der Waals surface area contributed by atoms with Crippen LogP contribution in [0.1, 0.15) is 32.6 Å². The van der Waals surface area contributed by atoms with Crippen molar-refractivity contribution in [3.05, 3.63) is 70.3 Å². The minimum absolute atomic E-state index is 0.335. The molecule has 0 fully saturated rings. The summed E-state index contributed by atoms with van der Waals surface area (Å²) in [5.41, 5.74) is 1.10. The minimum atomic E-state index is -4.45. The first kappa shape index (κ1) is 17.4. The normalized spacial score (nSPS) is 10.2. The van der Waals surface area contributed by atoms with Crippen LogP contribution in [0.3, 0.4) is 0 Å². The summed E-state index contributed by atoms with van der Waals surface area (Å²) in [5.74, 6) is 0. The van der Waals surface area contributed by atoms with Crippen LogP contribution in [0.15, 0.2) is 42.5 Å². The molecule has 2 rings (SSSR count). The van der Waals surface area contributed by atoms with Crippen LogP contribution in [0.2, 0.25) is 0 Å². The van der Waals surface area contributed by atoms with Crippen LogP contribution in [0, 0.1) is 25.2 Å². The van der Waals surface area contributed by atoms with Crippen LogP contribution in [0.4, 0.5) is 13.2 Å². The molecule has 114 valence electrons. The maximum absolute atomic E-state index is 12.3. The maximum atomic E-state index is 12.3. The molecule has 2 aromatic carbocycles. The van der Waals surface area contributed by atoms with Crippen molar-refractivity contribution in [3.8, 4) is 6.07 Å². The van der Waals surface area contributed by atoms with Crippen molar-refractivity contribution >= 4 is 6.29 Å². The third kappa shape index (κ3) is 4.74. The highest BCUT2D eigenvalue weighted by molar-refractivity contribution is 5.76. The summed E-state index contributed by atoms with van der Waals surface area (Å²) >= 11 is 0. The third-order valence-corrected chi connectivity index (χ3v) is 2.92. The standard InChI is InChI=1S/C9H6F3N.C8H8O/c1-6-2-3-7(5-13)8(4-6)9(10,11)12;1-7-4-2-3-5-8(7)6-9/h2-4H,1H3;2-6H,1H3. The number of benzene rings is 2. The molecule has 0 heterocycles. The van der Waals surface area contributed by atoms with Crippen molar-refractivity contribution in [1.29, 1.82) is 5.26 Å². The monoisotopic (exact) mass is 305 g/mol. The van der Waals surface area contributed by atoms with Gasteiger partial charge in [0, 0.05) is 5.56 Å². The quantitative estimate of drug-likeness (QED) is 0.717. The van der Waals surface area contributed by atoms with Crippen LogP contribution < -0.4 is 0 Å². The lowest BCUT2D eigenvalue weighted by atomic mass is 10.1. The molecule has 0 radical (unpaired) electrons. The lowest BCUT2D eigenvalue weighted by Crippen LogP contribution is -2.07. The Labute approximate surface area is 126 Å². The maximum Gasteiger partial charge on any atom is 0.417 e. The van der Waals surface area contributed by atoms with Crippen LogP contribution in [0.5, 0.6) is 0 Å². The van der Waals surface area contributed by atoms with Crippen LogP contribution in [-0.2, 0) is 6.18 Å². The van der Waals surface area contributed by atoms with Gasteiger partial charge in [0.25, 0.3) is 0 Å². The van der Waals surface area contributed by atoms with Gasteiger partial charge in [0.1, 0.15) is 6.29 Å². The van der Waals surface area contributed by atoms with E-state index in [2.05, 4.69) is 0 Å². The average Bonchev–Trinajstić information content (AvgIpc) is 2.47. The molecular weight excluding hydrogens is 291 g/mol. The molecule has 2 aromatic rings. The van der Waals surface area contributed by atoms with Gasteiger partial charge in [-0.15, -0.1) is 0 Å². The van der Waals surface area contributed by atoms with E-state index in [1.54, 1.807) is 6.92 Å². The zero-order valence-electron chi connectivity index (χ0n) is 12.1. The summed E-state index contributed by atoms with van der Waals surface area (Å²) < 4.78 is 36.8. The van der Waals surface area contributed by atoms with Gasteiger partial charge < -0.3 is 0 Å². The first-order valence-electron chi connectivity index (χ1n) is 6.38. The van der Waals surface area contributed by atoms with E-state index in [9.17, 15) is 18.0 Å². The van der Waals surface area contributed by atoms with Gasteiger partial charge in [-0.05, 0) is 31.5 Å². The van der Waals surface area contributed by atoms with Gasteiger partial charge in [-0.3, -0.25) is 4.79 Å². The number of alkyl halides is 3. The van der Waals surface area contributed by atoms with Crippen molar-refractivity contribution in [2.45, 2.75) is 20.0 Å². The Morgan fingerprint density at radius 2 is 1.73 bits per heavy atom. The van der Waals surface area contributed by atoms with E-state index in [1.165, 1.54) is 18.2 Å². The fourth-order valence-corrected chi connectivity index (χ4v) is 1.71. The topological polar surface area (TPSA) is 40.9 Å². The van der Waals surface area contributed by atoms with E-state index >= 15 is 0 Å². The average molecular weight is 305 g/mol. The SMILES string of the molecule is Cc1ccc(C#N)c(C(F)(F)F)c1.Cc1ccccc1C=O. The van der Waals surface area contributed by atoms with Gasteiger partial charge >= 0.3 is 6.18 Å². The Kier molecular flexibility index (Phi) is 5.88. The van der Waals surface area contributed by atoms with E-state index in [-0.39, 0.29) is 5.56 Å². The molecule has 0 saturated carbocycles. The number of hydrogen-bond acceptors (Lipinski definition) is 2. The molecule has 0 N–H and O–H groups in total. The lowest BCUT2D eigenvalue weighted by Gasteiger charge is -2.08. The largest absolute Gasteiger partial charge is 0.417 e. The zero-order chi connectivity index (χ0) is 16.8. The van der Waals surface area contributed by atoms with Crippen molar-refractivity contribution in [2.75, 3.05) is 0 Å². The Morgan fingerprint density at radius 1 is 1.09 bits per heavy atom. The number of hydrogen-bond donors (Lipinski definition) is 0. The predicted molar refractivity (Wildman–Crippen MR) is 77.5 cm³/mol. The van der Waals surface area contributed by atoms with Crippen molar-refractivity contribution < 1.29 is 18.0 Å². The molecule has 0 aliphatic rings. The molecule has 0 aromatic heterocycles. The molecule has 0 bridgehead atoms. The third-order valence-electron chi connectivity index (χ3n) is 2.92. The second-order valence-corrected chi connectivity index (χ2v) is 4.63. The van der Waals surface area contributed by atoms with Crippen molar-refractivity contribution in [3.63, 3.8) is 0 Å². The van der Waals surface area contributed by atoms with Crippen molar-refractivity contribution in [1.82, 2.24) is 0 Å². The number of nitrogens with zero attached hydrogens (tertiary/aromatic N) is 1. The van der Waals surface area contributed by atoms with E-state index in [0.29, 0.717) is 5.56 Å². The number of nitriles is 1. The molecule has 0 aliphatic carbocycles. The predicted octanol–water partition coefficient (Wildman–Crippen LogP) is 4.69. The fraction of sp³-hybridized carbons (Fsp3) is 0.176. The molecule has 0 atom stereocenters. The molecule has 2 nitrogen and oxygen atoms in total. The second-order valence-electron chi connectivity index (χ2n) is 4.63. The van der Waals surface area contributed by atoms with Gasteiger partial charge in [0.05, 0.1) is 17.2 Å². The zero-order valence-corrected chi connectivity index (χ0v) is 12.1. The highest BCUT2D eigenvalue weighted by Gasteiger charge is 2.33. The number of carbonyl (C=O) groups is 1. The highest BCUT2D eigenvalue weighted by atomic mass is 19.4. The van der Waals surface area contributed by atoms with E-state index < -0.39 is 11.7 Å². The van der Waals surface area contributed by atoms with Crippen LogP contribution >= 0.6 is 0 Å². The first-order valence-corrected chi connectivity index (χ1v) is 6.38. The van der Waals surface area contributed by atoms with Crippen LogP contribution in [-0.4, -0.2) is 6.29 Å². The number of aldehydes is 1. The Bertz CT molecular complexity index is 700. The number of halogens is 3. The minimum Gasteiger partial charge on any atom is -0.298 e. The summed E-state index contributed by atoms with van der Waals surface area (Å²) in [5, 5.41) is 8.42. The summed E-state index contributed by atoms with van der Waals surface area (Å²) in [7, 11) is 0. The Morgan fingerprint density at radius 3 is 2.18 bits per heavy atom. The summed E-state index contributed by atoms with van der Waals surface area (Å²) in [6.07, 6.45) is -3.58. The fourth-order valence-electron chi connectivity index (χ4n) is 1.71. The number of aryl methyl sites for hydroxylation is 2. The highest BCUT2D eigenvalue weighted by Crippen LogP contribution is 2.32. The van der Waals surface area contributed by atoms with Gasteiger partial charge in [0.15, 0.2) is 0 Å². The molecule has 0 saturated heterocycles. The molecule has 22 heavy (non-hydrogen) atoms. The van der Waals surface area contributed by atoms with Gasteiger partial charge in [-0.2, -0.15) is 18.4 Å². The Balaban J connectivity index is 0.000000235.